The van der Waals surface area contributed by atoms with Gasteiger partial charge in [0.15, 0.2) is 0 Å². The van der Waals surface area contributed by atoms with Gasteiger partial charge in [0.05, 0.1) is 12.5 Å². The number of aromatic amines is 1. The zero-order valence-electron chi connectivity index (χ0n) is 13.2. The molecule has 2 heterocycles. The molecule has 6 heteroatoms. The maximum absolute atomic E-state index is 12.4. The predicted molar refractivity (Wildman–Crippen MR) is 89.0 cm³/mol. The maximum atomic E-state index is 12.4. The number of hydrogen-bond acceptors (Lipinski definition) is 4. The van der Waals surface area contributed by atoms with Crippen molar-refractivity contribution in [2.75, 3.05) is 7.11 Å². The summed E-state index contributed by atoms with van der Waals surface area (Å²) in [7, 11) is 1.58. The number of pyridine rings is 1. The van der Waals surface area contributed by atoms with Crippen LogP contribution < -0.4 is 16.0 Å². The molecule has 2 aromatic heterocycles. The molecule has 0 aliphatic carbocycles. The van der Waals surface area contributed by atoms with E-state index >= 15 is 0 Å². The number of methoxy groups -OCH3 is 1. The highest BCUT2D eigenvalue weighted by Crippen LogP contribution is 2.32. The number of H-pyrrole nitrogens is 1. The third-order valence-corrected chi connectivity index (χ3v) is 3.74. The number of ether oxygens (including phenoxy) is 1. The van der Waals surface area contributed by atoms with E-state index in [0.717, 1.165) is 5.56 Å². The topological polar surface area (TPSA) is 77.0 Å². The lowest BCUT2D eigenvalue weighted by Gasteiger charge is -2.15. The summed E-state index contributed by atoms with van der Waals surface area (Å²) in [6.07, 6.45) is 1.60. The van der Waals surface area contributed by atoms with Crippen LogP contribution in [0.4, 0.5) is 0 Å². The van der Waals surface area contributed by atoms with Crippen molar-refractivity contribution in [2.24, 2.45) is 0 Å². The highest BCUT2D eigenvalue weighted by atomic mass is 16.5. The Bertz CT molecular complexity index is 986. The van der Waals surface area contributed by atoms with Gasteiger partial charge < -0.3 is 4.74 Å². The van der Waals surface area contributed by atoms with Crippen LogP contribution in [0.1, 0.15) is 19.9 Å². The lowest BCUT2D eigenvalue weighted by atomic mass is 10.0. The van der Waals surface area contributed by atoms with E-state index < -0.39 is 11.2 Å². The van der Waals surface area contributed by atoms with Gasteiger partial charge in [0.1, 0.15) is 11.4 Å². The molecule has 118 valence electrons. The molecule has 0 bridgehead atoms. The first-order chi connectivity index (χ1) is 11.0. The Labute approximate surface area is 132 Å². The Balaban J connectivity index is 2.48. The number of para-hydroxylation sites is 1. The average Bonchev–Trinajstić information content (AvgIpc) is 2.53. The monoisotopic (exact) mass is 311 g/mol. The minimum absolute atomic E-state index is 0.123. The van der Waals surface area contributed by atoms with Crippen molar-refractivity contribution in [3.63, 3.8) is 0 Å². The Kier molecular flexibility index (Phi) is 3.73. The smallest absolute Gasteiger partial charge is 0.330 e. The fraction of sp³-hybridized carbons (Fsp3) is 0.235. The second-order valence-corrected chi connectivity index (χ2v) is 5.48. The fourth-order valence-electron chi connectivity index (χ4n) is 2.74. The lowest BCUT2D eigenvalue weighted by molar-refractivity contribution is 0.416. The summed E-state index contributed by atoms with van der Waals surface area (Å²) < 4.78 is 6.87. The molecule has 0 spiro atoms. The van der Waals surface area contributed by atoms with Crippen molar-refractivity contribution in [2.45, 2.75) is 19.9 Å². The normalized spacial score (nSPS) is 11.1. The van der Waals surface area contributed by atoms with E-state index in [4.69, 9.17) is 4.74 Å². The molecular formula is C17H17N3O3. The molecule has 23 heavy (non-hydrogen) atoms. The van der Waals surface area contributed by atoms with E-state index in [-0.39, 0.29) is 6.04 Å². The van der Waals surface area contributed by atoms with Crippen molar-refractivity contribution >= 4 is 11.0 Å². The van der Waals surface area contributed by atoms with Crippen LogP contribution in [0.5, 0.6) is 5.75 Å². The summed E-state index contributed by atoms with van der Waals surface area (Å²) in [6, 6.07) is 9.07. The Hall–Kier alpha value is -2.89. The zero-order chi connectivity index (χ0) is 16.6. The molecule has 1 aromatic carbocycles. The van der Waals surface area contributed by atoms with Gasteiger partial charge in [0.25, 0.3) is 5.56 Å². The molecule has 3 aromatic rings. The zero-order valence-corrected chi connectivity index (χ0v) is 13.2. The summed E-state index contributed by atoms with van der Waals surface area (Å²) in [6.45, 7) is 3.74. The predicted octanol–water partition coefficient (Wildman–Crippen LogP) is 2.34. The minimum atomic E-state index is -0.456. The molecule has 0 saturated carbocycles. The van der Waals surface area contributed by atoms with Crippen molar-refractivity contribution in [3.05, 3.63) is 57.4 Å². The van der Waals surface area contributed by atoms with Gasteiger partial charge in [-0.1, -0.05) is 18.2 Å². The quantitative estimate of drug-likeness (QED) is 0.805. The molecule has 1 N–H and O–H groups in total. The number of nitrogens with zero attached hydrogens (tertiary/aromatic N) is 2. The fourth-order valence-corrected chi connectivity index (χ4v) is 2.74. The van der Waals surface area contributed by atoms with Crippen LogP contribution in [0.3, 0.4) is 0 Å². The summed E-state index contributed by atoms with van der Waals surface area (Å²) in [5, 5.41) is 0.380. The first-order valence-corrected chi connectivity index (χ1v) is 7.31. The van der Waals surface area contributed by atoms with Gasteiger partial charge in [-0.3, -0.25) is 14.3 Å². The molecule has 0 amide bonds. The van der Waals surface area contributed by atoms with Crippen LogP contribution in [-0.2, 0) is 0 Å². The van der Waals surface area contributed by atoms with Gasteiger partial charge >= 0.3 is 5.69 Å². The number of hydrogen-bond donors (Lipinski definition) is 1. The van der Waals surface area contributed by atoms with Gasteiger partial charge in [-0.25, -0.2) is 9.78 Å². The van der Waals surface area contributed by atoms with Gasteiger partial charge in [-0.2, -0.15) is 0 Å². The number of fused-ring (bicyclic) bond motifs is 1. The summed E-state index contributed by atoms with van der Waals surface area (Å²) in [5.74, 6) is 0.654. The van der Waals surface area contributed by atoms with Crippen LogP contribution in [0.25, 0.3) is 22.2 Å². The SMILES string of the molecule is COc1ccccc1-c1ccnc2c1c(=O)[nH]c(=O)n2C(C)C. The molecule has 0 saturated heterocycles. The highest BCUT2D eigenvalue weighted by molar-refractivity contribution is 5.93. The summed E-state index contributed by atoms with van der Waals surface area (Å²) in [4.78, 5) is 31.2. The number of nitrogens with one attached hydrogen (secondary N) is 1. The van der Waals surface area contributed by atoms with E-state index in [1.54, 1.807) is 19.4 Å². The minimum Gasteiger partial charge on any atom is -0.496 e. The molecule has 0 aliphatic heterocycles. The Morgan fingerprint density at radius 2 is 1.87 bits per heavy atom. The third-order valence-electron chi connectivity index (χ3n) is 3.74. The first kappa shape index (κ1) is 15.0. The Morgan fingerprint density at radius 3 is 2.57 bits per heavy atom. The van der Waals surface area contributed by atoms with E-state index in [1.807, 2.05) is 38.1 Å². The summed E-state index contributed by atoms with van der Waals surface area (Å²) >= 11 is 0. The molecule has 0 fully saturated rings. The van der Waals surface area contributed by atoms with Crippen LogP contribution >= 0.6 is 0 Å². The van der Waals surface area contributed by atoms with Crippen molar-refractivity contribution in [1.82, 2.24) is 14.5 Å². The van der Waals surface area contributed by atoms with Crippen LogP contribution in [0.15, 0.2) is 46.1 Å². The molecule has 0 unspecified atom stereocenters. The first-order valence-electron chi connectivity index (χ1n) is 7.31. The van der Waals surface area contributed by atoms with Gasteiger partial charge in [-0.05, 0) is 26.0 Å². The van der Waals surface area contributed by atoms with Crippen LogP contribution in [0.2, 0.25) is 0 Å². The van der Waals surface area contributed by atoms with E-state index in [9.17, 15) is 9.59 Å². The largest absolute Gasteiger partial charge is 0.496 e. The van der Waals surface area contributed by atoms with Crippen LogP contribution in [0, 0.1) is 0 Å². The molecule has 0 aliphatic rings. The number of aromatic nitrogens is 3. The highest BCUT2D eigenvalue weighted by Gasteiger charge is 2.17. The number of benzene rings is 1. The Morgan fingerprint density at radius 1 is 1.13 bits per heavy atom. The second kappa shape index (κ2) is 5.72. The van der Waals surface area contributed by atoms with E-state index in [1.165, 1.54) is 4.57 Å². The van der Waals surface area contributed by atoms with Gasteiger partial charge in [0, 0.05) is 23.4 Å². The average molecular weight is 311 g/mol. The number of rotatable bonds is 3. The summed E-state index contributed by atoms with van der Waals surface area (Å²) in [5.41, 5.74) is 0.931. The maximum Gasteiger partial charge on any atom is 0.330 e. The third kappa shape index (κ3) is 2.42. The van der Waals surface area contributed by atoms with Crippen molar-refractivity contribution in [3.8, 4) is 16.9 Å². The van der Waals surface area contributed by atoms with E-state index in [0.29, 0.717) is 22.3 Å². The lowest BCUT2D eigenvalue weighted by Crippen LogP contribution is -2.32. The standard InChI is InChI=1S/C17H17N3O3/c1-10(2)20-15-14(16(21)19-17(20)22)12(8-9-18-15)11-6-4-5-7-13(11)23-3/h4-10H,1-3H3,(H,19,21,22). The molecule has 0 radical (unpaired) electrons. The van der Waals surface area contributed by atoms with E-state index in [2.05, 4.69) is 9.97 Å². The van der Waals surface area contributed by atoms with Crippen LogP contribution in [-0.4, -0.2) is 21.6 Å². The van der Waals surface area contributed by atoms with Gasteiger partial charge in [0.2, 0.25) is 0 Å². The second-order valence-electron chi connectivity index (χ2n) is 5.48. The molecule has 3 rings (SSSR count). The van der Waals surface area contributed by atoms with Crippen molar-refractivity contribution < 1.29 is 4.74 Å². The molecule has 0 atom stereocenters. The molecule has 6 nitrogen and oxygen atoms in total. The van der Waals surface area contributed by atoms with Crippen molar-refractivity contribution in [1.29, 1.82) is 0 Å². The molecular weight excluding hydrogens is 294 g/mol. The van der Waals surface area contributed by atoms with Gasteiger partial charge in [-0.15, -0.1) is 0 Å².